The third-order valence-corrected chi connectivity index (χ3v) is 4.99. The van der Waals surface area contributed by atoms with Crippen molar-refractivity contribution in [3.8, 4) is 6.07 Å². The van der Waals surface area contributed by atoms with Crippen molar-refractivity contribution in [1.29, 1.82) is 5.26 Å². The summed E-state index contributed by atoms with van der Waals surface area (Å²) in [6, 6.07) is 6.77. The summed E-state index contributed by atoms with van der Waals surface area (Å²) in [5, 5.41) is 13.3. The number of nitrogen functional groups attached to an aromatic ring is 1. The van der Waals surface area contributed by atoms with E-state index in [1.807, 2.05) is 27.1 Å². The minimum Gasteiger partial charge on any atom is -0.382 e. The highest BCUT2D eigenvalue weighted by Gasteiger charge is 2.20. The van der Waals surface area contributed by atoms with Crippen LogP contribution in [-0.4, -0.2) is 45.1 Å². The molecule has 2 heterocycles. The first kappa shape index (κ1) is 21.5. The summed E-state index contributed by atoms with van der Waals surface area (Å²) in [6.07, 6.45) is 2.04. The summed E-state index contributed by atoms with van der Waals surface area (Å²) >= 11 is 6.29. The summed E-state index contributed by atoms with van der Waals surface area (Å²) in [5.41, 5.74) is 6.25. The van der Waals surface area contributed by atoms with Gasteiger partial charge in [0.1, 0.15) is 35.4 Å². The van der Waals surface area contributed by atoms with Crippen molar-refractivity contribution in [2.24, 2.45) is 0 Å². The molecular formula is C20H23ClN8O. The molecule has 0 saturated heterocycles. The molecule has 1 atom stereocenters. The Morgan fingerprint density at radius 2 is 2.13 bits per heavy atom. The van der Waals surface area contributed by atoms with Gasteiger partial charge in [0.25, 0.3) is 5.56 Å². The summed E-state index contributed by atoms with van der Waals surface area (Å²) in [4.78, 5) is 28.0. The minimum atomic E-state index is -0.429. The molecule has 0 spiro atoms. The van der Waals surface area contributed by atoms with Crippen LogP contribution in [0.2, 0.25) is 5.02 Å². The van der Waals surface area contributed by atoms with E-state index in [-0.39, 0.29) is 22.8 Å². The maximum absolute atomic E-state index is 13.3. The van der Waals surface area contributed by atoms with E-state index >= 15 is 0 Å². The van der Waals surface area contributed by atoms with Gasteiger partial charge in [-0.05, 0) is 46.1 Å². The largest absolute Gasteiger partial charge is 0.382 e. The van der Waals surface area contributed by atoms with Crippen LogP contribution >= 0.6 is 11.6 Å². The molecule has 0 aliphatic carbocycles. The van der Waals surface area contributed by atoms with Crippen molar-refractivity contribution in [3.05, 3.63) is 51.3 Å². The molecule has 3 rings (SSSR count). The number of nitrogens with zero attached hydrogens (tertiary/aromatic N) is 6. The van der Waals surface area contributed by atoms with Crippen LogP contribution < -0.4 is 16.6 Å². The molecule has 1 aromatic carbocycles. The normalized spacial score (nSPS) is 12.1. The Hall–Kier alpha value is -3.22. The second-order valence-corrected chi connectivity index (χ2v) is 7.59. The Morgan fingerprint density at radius 3 is 2.83 bits per heavy atom. The topological polar surface area (TPSA) is 126 Å². The van der Waals surface area contributed by atoms with Gasteiger partial charge >= 0.3 is 0 Å². The van der Waals surface area contributed by atoms with Gasteiger partial charge in [-0.25, -0.2) is 15.0 Å². The fraction of sp³-hybridized carbons (Fsp3) is 0.350. The lowest BCUT2D eigenvalue weighted by Gasteiger charge is -2.21. The van der Waals surface area contributed by atoms with Crippen LogP contribution in [0.3, 0.4) is 0 Å². The SMILES string of the molecule is CC(Nc1ncnc(N)c1C#N)c1nc2cccc(Cl)c2c(=O)n1CCCN(C)C. The molecule has 30 heavy (non-hydrogen) atoms. The number of rotatable bonds is 7. The van der Waals surface area contributed by atoms with E-state index in [0.717, 1.165) is 13.0 Å². The molecule has 156 valence electrons. The highest BCUT2D eigenvalue weighted by Crippen LogP contribution is 2.24. The number of nitrogens with one attached hydrogen (secondary N) is 1. The van der Waals surface area contributed by atoms with Crippen molar-refractivity contribution in [1.82, 2.24) is 24.4 Å². The molecule has 0 aliphatic rings. The Balaban J connectivity index is 2.08. The zero-order valence-electron chi connectivity index (χ0n) is 17.1. The fourth-order valence-electron chi connectivity index (χ4n) is 3.22. The number of hydrogen-bond donors (Lipinski definition) is 2. The maximum Gasteiger partial charge on any atom is 0.262 e. The molecule has 9 nitrogen and oxygen atoms in total. The van der Waals surface area contributed by atoms with Gasteiger partial charge in [-0.3, -0.25) is 9.36 Å². The first-order valence-electron chi connectivity index (χ1n) is 9.44. The molecule has 1 unspecified atom stereocenters. The van der Waals surface area contributed by atoms with Crippen molar-refractivity contribution < 1.29 is 0 Å². The molecule has 10 heteroatoms. The first-order chi connectivity index (χ1) is 14.3. The summed E-state index contributed by atoms with van der Waals surface area (Å²) in [6.45, 7) is 3.14. The molecule has 0 bridgehead atoms. The second-order valence-electron chi connectivity index (χ2n) is 7.18. The lowest BCUT2D eigenvalue weighted by Crippen LogP contribution is -2.30. The molecule has 0 saturated carbocycles. The number of halogens is 1. The molecule has 0 amide bonds. The second kappa shape index (κ2) is 9.07. The van der Waals surface area contributed by atoms with Crippen LogP contribution in [0.1, 0.15) is 30.8 Å². The minimum absolute atomic E-state index is 0.0869. The van der Waals surface area contributed by atoms with E-state index in [0.29, 0.717) is 28.3 Å². The zero-order chi connectivity index (χ0) is 21.8. The fourth-order valence-corrected chi connectivity index (χ4v) is 3.47. The molecule has 0 fully saturated rings. The van der Waals surface area contributed by atoms with Crippen LogP contribution in [0.5, 0.6) is 0 Å². The van der Waals surface area contributed by atoms with Crippen LogP contribution in [0.4, 0.5) is 11.6 Å². The van der Waals surface area contributed by atoms with Crippen LogP contribution in [-0.2, 0) is 6.54 Å². The predicted octanol–water partition coefficient (Wildman–Crippen LogP) is 2.42. The number of benzene rings is 1. The quantitative estimate of drug-likeness (QED) is 0.589. The van der Waals surface area contributed by atoms with E-state index < -0.39 is 6.04 Å². The molecule has 2 aromatic heterocycles. The van der Waals surface area contributed by atoms with Gasteiger partial charge in [0.05, 0.1) is 22.0 Å². The average molecular weight is 427 g/mol. The number of hydrogen-bond acceptors (Lipinski definition) is 8. The van der Waals surface area contributed by atoms with Gasteiger partial charge in [0.15, 0.2) is 0 Å². The third kappa shape index (κ3) is 4.35. The summed E-state index contributed by atoms with van der Waals surface area (Å²) in [7, 11) is 3.96. The van der Waals surface area contributed by atoms with Gasteiger partial charge in [-0.15, -0.1) is 0 Å². The number of aromatic nitrogens is 4. The number of anilines is 2. The van der Waals surface area contributed by atoms with Crippen LogP contribution in [0.25, 0.3) is 10.9 Å². The molecule has 3 aromatic rings. The standard InChI is InChI=1S/C20H23ClN8O/c1-12(26-18-13(10-22)17(23)24-11-25-18)19-27-15-7-4-6-14(21)16(15)20(30)29(19)9-5-8-28(2)3/h4,6-7,11-12H,5,8-9H2,1-3H3,(H3,23,24,25,26). The maximum atomic E-state index is 13.3. The smallest absolute Gasteiger partial charge is 0.262 e. The Morgan fingerprint density at radius 1 is 1.37 bits per heavy atom. The highest BCUT2D eigenvalue weighted by atomic mass is 35.5. The molecule has 0 aliphatic heterocycles. The van der Waals surface area contributed by atoms with Crippen LogP contribution in [0, 0.1) is 11.3 Å². The Labute approximate surface area is 179 Å². The first-order valence-corrected chi connectivity index (χ1v) is 9.82. The Kier molecular flexibility index (Phi) is 6.50. The van der Waals surface area contributed by atoms with Gasteiger partial charge in [0, 0.05) is 6.54 Å². The number of fused-ring (bicyclic) bond motifs is 1. The lowest BCUT2D eigenvalue weighted by molar-refractivity contribution is 0.381. The van der Waals surface area contributed by atoms with E-state index in [1.54, 1.807) is 22.8 Å². The van der Waals surface area contributed by atoms with Crippen molar-refractivity contribution in [2.45, 2.75) is 25.9 Å². The van der Waals surface area contributed by atoms with E-state index in [4.69, 9.17) is 22.3 Å². The van der Waals surface area contributed by atoms with Crippen molar-refractivity contribution in [3.63, 3.8) is 0 Å². The van der Waals surface area contributed by atoms with Gasteiger partial charge in [-0.2, -0.15) is 5.26 Å². The van der Waals surface area contributed by atoms with E-state index in [1.165, 1.54) is 6.33 Å². The Bertz CT molecular complexity index is 1170. The predicted molar refractivity (Wildman–Crippen MR) is 117 cm³/mol. The lowest BCUT2D eigenvalue weighted by atomic mass is 10.2. The summed E-state index contributed by atoms with van der Waals surface area (Å²) < 4.78 is 1.63. The molecular weight excluding hydrogens is 404 g/mol. The monoisotopic (exact) mass is 426 g/mol. The van der Waals surface area contributed by atoms with Gasteiger partial charge in [-0.1, -0.05) is 17.7 Å². The van der Waals surface area contributed by atoms with Crippen LogP contribution in [0.15, 0.2) is 29.3 Å². The molecule has 0 radical (unpaired) electrons. The third-order valence-electron chi connectivity index (χ3n) is 4.68. The molecule has 3 N–H and O–H groups in total. The number of nitrogens with two attached hydrogens (primary N) is 1. The average Bonchev–Trinajstić information content (AvgIpc) is 2.69. The highest BCUT2D eigenvalue weighted by molar-refractivity contribution is 6.35. The van der Waals surface area contributed by atoms with Gasteiger partial charge in [0.2, 0.25) is 0 Å². The van der Waals surface area contributed by atoms with Crippen molar-refractivity contribution >= 4 is 34.1 Å². The number of nitriles is 1. The van der Waals surface area contributed by atoms with Gasteiger partial charge < -0.3 is 16.0 Å². The van der Waals surface area contributed by atoms with E-state index in [2.05, 4.69) is 20.2 Å². The van der Waals surface area contributed by atoms with Crippen molar-refractivity contribution in [2.75, 3.05) is 31.7 Å². The summed E-state index contributed by atoms with van der Waals surface area (Å²) in [5.74, 6) is 0.899. The zero-order valence-corrected chi connectivity index (χ0v) is 17.8. The van der Waals surface area contributed by atoms with E-state index in [9.17, 15) is 10.1 Å².